The van der Waals surface area contributed by atoms with E-state index in [0.29, 0.717) is 0 Å². The maximum atomic E-state index is 5.14. The summed E-state index contributed by atoms with van der Waals surface area (Å²) in [5, 5.41) is 4.70. The number of thiazole rings is 2. The van der Waals surface area contributed by atoms with E-state index in [0.717, 1.165) is 21.0 Å². The number of fused-ring (bicyclic) bond motifs is 5. The Kier molecular flexibility index (Phi) is 7.20. The first kappa shape index (κ1) is 24.2. The molecule has 0 saturated heterocycles. The Labute approximate surface area is 228 Å². The van der Waals surface area contributed by atoms with E-state index >= 15 is 0 Å². The number of aromatic nitrogens is 2. The van der Waals surface area contributed by atoms with Crippen molar-refractivity contribution in [1.82, 2.24) is 9.97 Å². The zero-order valence-corrected chi connectivity index (χ0v) is 24.1. The van der Waals surface area contributed by atoms with Crippen molar-refractivity contribution in [2.24, 2.45) is 0 Å². The largest absolute Gasteiger partial charge is 0.235 e. The second-order valence-electron chi connectivity index (χ2n) is 9.40. The molecule has 0 saturated carbocycles. The Morgan fingerprint density at radius 3 is 1.44 bits per heavy atom. The van der Waals surface area contributed by atoms with Gasteiger partial charge in [-0.2, -0.15) is 0 Å². The molecule has 0 fully saturated rings. The van der Waals surface area contributed by atoms with Gasteiger partial charge in [-0.25, -0.2) is 9.97 Å². The Bertz CT molecular complexity index is 1510. The van der Waals surface area contributed by atoms with Crippen LogP contribution in [0.2, 0.25) is 0 Å². The summed E-state index contributed by atoms with van der Waals surface area (Å²) >= 11 is 7.43. The van der Waals surface area contributed by atoms with Crippen LogP contribution in [0.1, 0.15) is 62.1 Å². The lowest BCUT2D eigenvalue weighted by Gasteiger charge is -1.99. The number of hydrogen-bond donors (Lipinski definition) is 0. The van der Waals surface area contributed by atoms with E-state index in [1.807, 2.05) is 45.3 Å². The van der Waals surface area contributed by atoms with Crippen LogP contribution in [0.4, 0.5) is 0 Å². The first-order valence-corrected chi connectivity index (χ1v) is 16.3. The number of nitrogens with zero attached hydrogens (tertiary/aromatic N) is 2. The molecule has 0 aliphatic rings. The molecule has 6 rings (SSSR count). The predicted octanol–water partition coefficient (Wildman–Crippen LogP) is 11.0. The highest BCUT2D eigenvalue weighted by molar-refractivity contribution is 7.26. The van der Waals surface area contributed by atoms with Crippen LogP contribution in [0, 0.1) is 0 Å². The second-order valence-corrected chi connectivity index (χ2v) is 13.8. The standard InChI is InChI=1S/C30H30N2S4/c1-3-5-7-9-19-11-15-25(33-19)29-31-27-21-14-18-24-28(22(21)13-17-23(27)35-29)32-30(36-24)26-16-12-20(34-26)10-8-6-4-2/h11-18H,3-10H2,1-2H3. The highest BCUT2D eigenvalue weighted by Crippen LogP contribution is 2.41. The molecule has 2 nitrogen and oxygen atoms in total. The van der Waals surface area contributed by atoms with Crippen molar-refractivity contribution in [2.45, 2.75) is 65.2 Å². The molecular weight excluding hydrogens is 517 g/mol. The summed E-state index contributed by atoms with van der Waals surface area (Å²) in [6.45, 7) is 4.53. The Morgan fingerprint density at radius 2 is 1.00 bits per heavy atom. The number of thiophene rings is 2. The Balaban J connectivity index is 1.33. The van der Waals surface area contributed by atoms with E-state index in [-0.39, 0.29) is 0 Å². The van der Waals surface area contributed by atoms with Crippen molar-refractivity contribution in [3.63, 3.8) is 0 Å². The molecule has 0 spiro atoms. The van der Waals surface area contributed by atoms with Crippen molar-refractivity contribution >= 4 is 76.6 Å². The molecule has 0 bridgehead atoms. The Hall–Kier alpha value is -2.12. The van der Waals surface area contributed by atoms with Gasteiger partial charge < -0.3 is 0 Å². The van der Waals surface area contributed by atoms with Gasteiger partial charge in [0.15, 0.2) is 0 Å². The molecule has 36 heavy (non-hydrogen) atoms. The van der Waals surface area contributed by atoms with Gasteiger partial charge in [-0.05, 0) is 62.1 Å². The smallest absolute Gasteiger partial charge is 0.134 e. The molecule has 2 aromatic carbocycles. The van der Waals surface area contributed by atoms with Crippen LogP contribution in [-0.2, 0) is 12.8 Å². The summed E-state index contributed by atoms with van der Waals surface area (Å²) in [6.07, 6.45) is 10.1. The quantitative estimate of drug-likeness (QED) is 0.160. The van der Waals surface area contributed by atoms with Crippen molar-refractivity contribution in [3.05, 3.63) is 58.3 Å². The van der Waals surface area contributed by atoms with Crippen molar-refractivity contribution < 1.29 is 0 Å². The minimum atomic E-state index is 1.11. The number of unbranched alkanes of at least 4 members (excludes halogenated alkanes) is 4. The van der Waals surface area contributed by atoms with Gasteiger partial charge >= 0.3 is 0 Å². The van der Waals surface area contributed by atoms with Gasteiger partial charge in [-0.3, -0.25) is 0 Å². The maximum Gasteiger partial charge on any atom is 0.134 e. The molecule has 4 aromatic heterocycles. The minimum absolute atomic E-state index is 1.11. The van der Waals surface area contributed by atoms with Crippen molar-refractivity contribution in [2.75, 3.05) is 0 Å². The predicted molar refractivity (Wildman–Crippen MR) is 163 cm³/mol. The molecule has 6 aromatic rings. The van der Waals surface area contributed by atoms with Crippen LogP contribution in [0.25, 0.3) is 51.0 Å². The molecule has 6 heteroatoms. The fourth-order valence-electron chi connectivity index (χ4n) is 4.75. The van der Waals surface area contributed by atoms with Crippen molar-refractivity contribution in [1.29, 1.82) is 0 Å². The summed E-state index contributed by atoms with van der Waals surface area (Å²) in [4.78, 5) is 15.8. The van der Waals surface area contributed by atoms with Crippen LogP contribution in [0.5, 0.6) is 0 Å². The molecule has 0 aliphatic heterocycles. The molecule has 0 amide bonds. The van der Waals surface area contributed by atoms with Crippen LogP contribution in [0.15, 0.2) is 48.5 Å². The van der Waals surface area contributed by atoms with E-state index in [1.54, 1.807) is 0 Å². The molecule has 0 radical (unpaired) electrons. The lowest BCUT2D eigenvalue weighted by molar-refractivity contribution is 0.722. The average Bonchev–Trinajstić information content (AvgIpc) is 3.68. The van der Waals surface area contributed by atoms with Crippen molar-refractivity contribution in [3.8, 4) is 19.8 Å². The maximum absolute atomic E-state index is 5.14. The monoisotopic (exact) mass is 546 g/mol. The SMILES string of the molecule is CCCCCc1ccc(-c2nc3c(ccc4c3ccc3sc(-c5ccc(CCCCC)s5)nc34)s2)s1. The summed E-state index contributed by atoms with van der Waals surface area (Å²) in [6, 6.07) is 18.1. The van der Waals surface area contributed by atoms with Crippen LogP contribution >= 0.6 is 45.3 Å². The van der Waals surface area contributed by atoms with E-state index in [1.165, 1.54) is 91.0 Å². The number of aryl methyl sites for hydroxylation is 2. The van der Waals surface area contributed by atoms with E-state index in [4.69, 9.17) is 9.97 Å². The fourth-order valence-corrected chi connectivity index (χ4v) is 8.92. The number of benzene rings is 2. The van der Waals surface area contributed by atoms with E-state index in [9.17, 15) is 0 Å². The van der Waals surface area contributed by atoms with E-state index in [2.05, 4.69) is 62.4 Å². The zero-order chi connectivity index (χ0) is 24.5. The first-order chi connectivity index (χ1) is 17.7. The van der Waals surface area contributed by atoms with Crippen LogP contribution in [-0.4, -0.2) is 9.97 Å². The highest BCUT2D eigenvalue weighted by Gasteiger charge is 2.16. The third kappa shape index (κ3) is 4.76. The van der Waals surface area contributed by atoms with Gasteiger partial charge in [0.1, 0.15) is 10.0 Å². The molecule has 0 unspecified atom stereocenters. The van der Waals surface area contributed by atoms with Crippen LogP contribution in [0.3, 0.4) is 0 Å². The molecule has 0 atom stereocenters. The second kappa shape index (κ2) is 10.7. The summed E-state index contributed by atoms with van der Waals surface area (Å²) in [7, 11) is 0. The third-order valence-corrected chi connectivity index (χ3v) is 11.4. The summed E-state index contributed by atoms with van der Waals surface area (Å²) in [5.41, 5.74) is 2.22. The number of rotatable bonds is 10. The van der Waals surface area contributed by atoms with Crippen LogP contribution < -0.4 is 0 Å². The highest BCUT2D eigenvalue weighted by atomic mass is 32.1. The molecule has 184 valence electrons. The topological polar surface area (TPSA) is 25.8 Å². The normalized spacial score (nSPS) is 11.9. The lowest BCUT2D eigenvalue weighted by Crippen LogP contribution is -1.79. The molecule has 4 heterocycles. The molecular formula is C30H30N2S4. The third-order valence-electron chi connectivity index (χ3n) is 6.71. The van der Waals surface area contributed by atoms with Gasteiger partial charge in [-0.1, -0.05) is 51.7 Å². The van der Waals surface area contributed by atoms with E-state index < -0.39 is 0 Å². The van der Waals surface area contributed by atoms with Gasteiger partial charge in [0, 0.05) is 20.5 Å². The van der Waals surface area contributed by atoms with Gasteiger partial charge in [0.05, 0.1) is 30.2 Å². The minimum Gasteiger partial charge on any atom is -0.235 e. The Morgan fingerprint density at radius 1 is 0.528 bits per heavy atom. The van der Waals surface area contributed by atoms with Gasteiger partial charge in [0.2, 0.25) is 0 Å². The summed E-state index contributed by atoms with van der Waals surface area (Å²) in [5.74, 6) is 0. The zero-order valence-electron chi connectivity index (χ0n) is 20.8. The van der Waals surface area contributed by atoms with Gasteiger partial charge in [-0.15, -0.1) is 45.3 Å². The number of hydrogen-bond acceptors (Lipinski definition) is 6. The lowest BCUT2D eigenvalue weighted by atomic mass is 10.1. The fraction of sp³-hybridized carbons (Fsp3) is 0.333. The summed E-state index contributed by atoms with van der Waals surface area (Å²) < 4.78 is 2.51. The molecule has 0 N–H and O–H groups in total. The average molecular weight is 547 g/mol. The van der Waals surface area contributed by atoms with Gasteiger partial charge in [0.25, 0.3) is 0 Å². The first-order valence-electron chi connectivity index (χ1n) is 13.0. The molecule has 0 aliphatic carbocycles.